The molecule has 2 aromatic rings. The zero-order valence-electron chi connectivity index (χ0n) is 14.3. The molecule has 0 saturated carbocycles. The van der Waals surface area contributed by atoms with Crippen molar-refractivity contribution in [2.24, 2.45) is 5.10 Å². The minimum absolute atomic E-state index is 0.0136. The number of hydrogen-bond acceptors (Lipinski definition) is 7. The Morgan fingerprint density at radius 2 is 2.08 bits per heavy atom. The second kappa shape index (κ2) is 9.03. The van der Waals surface area contributed by atoms with Crippen molar-refractivity contribution in [1.29, 1.82) is 0 Å². The molecule has 1 aromatic heterocycles. The summed E-state index contributed by atoms with van der Waals surface area (Å²) in [4.78, 5) is 20.4. The van der Waals surface area contributed by atoms with Crippen molar-refractivity contribution in [3.63, 3.8) is 0 Å². The van der Waals surface area contributed by atoms with Crippen molar-refractivity contribution in [2.75, 3.05) is 12.4 Å². The summed E-state index contributed by atoms with van der Waals surface area (Å²) >= 11 is 1.24. The third-order valence-corrected chi connectivity index (χ3v) is 3.86. The Balaban J connectivity index is 1.89. The van der Waals surface area contributed by atoms with Crippen LogP contribution in [0.2, 0.25) is 0 Å². The molecule has 2 N–H and O–H groups in total. The standard InChI is InChI=1S/C17H20N4O3S/c1-4-24-14-7-5-6-13(16(14)23)9-18-21-15(22)10-25-17-19-11(2)8-12(3)20-17/h5-9,23H,4,10H2,1-3H3,(H,21,22). The number of carbonyl (C=O) groups is 1. The van der Waals surface area contributed by atoms with Crippen LogP contribution in [0.15, 0.2) is 34.5 Å². The maximum absolute atomic E-state index is 11.8. The second-order valence-corrected chi connectivity index (χ2v) is 6.08. The number of thioether (sulfide) groups is 1. The second-order valence-electron chi connectivity index (χ2n) is 5.14. The quantitative estimate of drug-likeness (QED) is 0.341. The minimum atomic E-state index is -0.288. The summed E-state index contributed by atoms with van der Waals surface area (Å²) < 4.78 is 5.30. The van der Waals surface area contributed by atoms with Gasteiger partial charge in [0.05, 0.1) is 18.6 Å². The van der Waals surface area contributed by atoms with E-state index in [1.807, 2.05) is 26.8 Å². The lowest BCUT2D eigenvalue weighted by atomic mass is 10.2. The Labute approximate surface area is 150 Å². The number of nitrogens with zero attached hydrogens (tertiary/aromatic N) is 3. The zero-order chi connectivity index (χ0) is 18.2. The lowest BCUT2D eigenvalue weighted by Crippen LogP contribution is -2.19. The third kappa shape index (κ3) is 5.75. The molecule has 0 fully saturated rings. The van der Waals surface area contributed by atoms with Gasteiger partial charge in [0.2, 0.25) is 0 Å². The van der Waals surface area contributed by atoms with Crippen molar-refractivity contribution >= 4 is 23.9 Å². The topological polar surface area (TPSA) is 96.7 Å². The van der Waals surface area contributed by atoms with E-state index in [9.17, 15) is 9.90 Å². The molecule has 1 aromatic carbocycles. The number of amides is 1. The molecule has 25 heavy (non-hydrogen) atoms. The molecule has 7 nitrogen and oxygen atoms in total. The first-order chi connectivity index (χ1) is 12.0. The van der Waals surface area contributed by atoms with Gasteiger partial charge in [0.1, 0.15) is 0 Å². The maximum atomic E-state index is 11.8. The monoisotopic (exact) mass is 360 g/mol. The number of carbonyl (C=O) groups excluding carboxylic acids is 1. The van der Waals surface area contributed by atoms with Gasteiger partial charge in [-0.05, 0) is 39.0 Å². The van der Waals surface area contributed by atoms with E-state index in [0.29, 0.717) is 23.1 Å². The number of phenolic OH excluding ortho intramolecular Hbond substituents is 1. The summed E-state index contributed by atoms with van der Waals surface area (Å²) in [5.41, 5.74) is 4.59. The number of benzene rings is 1. The largest absolute Gasteiger partial charge is 0.504 e. The molecular weight excluding hydrogens is 340 g/mol. The van der Waals surface area contributed by atoms with E-state index in [1.54, 1.807) is 18.2 Å². The van der Waals surface area contributed by atoms with Gasteiger partial charge in [-0.3, -0.25) is 4.79 Å². The molecule has 132 valence electrons. The molecule has 0 bridgehead atoms. The predicted octanol–water partition coefficient (Wildman–Crippen LogP) is 2.44. The van der Waals surface area contributed by atoms with E-state index in [2.05, 4.69) is 20.5 Å². The highest BCUT2D eigenvalue weighted by Crippen LogP contribution is 2.28. The summed E-state index contributed by atoms with van der Waals surface area (Å²) in [6.07, 6.45) is 1.37. The molecule has 0 aliphatic rings. The number of ether oxygens (including phenoxy) is 1. The first-order valence-corrected chi connectivity index (χ1v) is 8.70. The first kappa shape index (κ1) is 18.7. The van der Waals surface area contributed by atoms with Crippen molar-refractivity contribution in [3.8, 4) is 11.5 Å². The molecule has 0 radical (unpaired) electrons. The Morgan fingerprint density at radius 3 is 2.76 bits per heavy atom. The molecule has 0 spiro atoms. The fourth-order valence-corrected chi connectivity index (χ4v) is 2.75. The van der Waals surface area contributed by atoms with Crippen LogP contribution in [0, 0.1) is 13.8 Å². The van der Waals surface area contributed by atoms with Crippen LogP contribution in [0.4, 0.5) is 0 Å². The summed E-state index contributed by atoms with van der Waals surface area (Å²) in [5, 5.41) is 14.5. The number of hydrazone groups is 1. The fraction of sp³-hybridized carbons (Fsp3) is 0.294. The van der Waals surface area contributed by atoms with Crippen molar-refractivity contribution in [2.45, 2.75) is 25.9 Å². The number of hydrogen-bond donors (Lipinski definition) is 2. The van der Waals surface area contributed by atoms with Crippen molar-refractivity contribution in [1.82, 2.24) is 15.4 Å². The maximum Gasteiger partial charge on any atom is 0.250 e. The van der Waals surface area contributed by atoms with Crippen LogP contribution in [0.5, 0.6) is 11.5 Å². The number of rotatable bonds is 7. The molecule has 1 amide bonds. The normalized spacial score (nSPS) is 10.8. The molecule has 0 saturated heterocycles. The van der Waals surface area contributed by atoms with Gasteiger partial charge < -0.3 is 9.84 Å². The minimum Gasteiger partial charge on any atom is -0.504 e. The molecule has 8 heteroatoms. The van der Waals surface area contributed by atoms with Gasteiger partial charge in [-0.15, -0.1) is 0 Å². The van der Waals surface area contributed by atoms with Gasteiger partial charge in [0, 0.05) is 17.0 Å². The van der Waals surface area contributed by atoms with Gasteiger partial charge in [0.25, 0.3) is 5.91 Å². The first-order valence-electron chi connectivity index (χ1n) is 7.71. The molecule has 0 aliphatic carbocycles. The van der Waals surface area contributed by atoms with Gasteiger partial charge in [-0.25, -0.2) is 15.4 Å². The lowest BCUT2D eigenvalue weighted by molar-refractivity contribution is -0.118. The van der Waals surface area contributed by atoms with E-state index in [1.165, 1.54) is 18.0 Å². The van der Waals surface area contributed by atoms with E-state index in [-0.39, 0.29) is 17.4 Å². The third-order valence-electron chi connectivity index (χ3n) is 3.02. The van der Waals surface area contributed by atoms with Crippen LogP contribution in [-0.4, -0.2) is 39.6 Å². The summed E-state index contributed by atoms with van der Waals surface area (Å²) in [5.74, 6) is 0.218. The van der Waals surface area contributed by atoms with Crippen LogP contribution in [-0.2, 0) is 4.79 Å². The number of nitrogens with one attached hydrogen (secondary N) is 1. The van der Waals surface area contributed by atoms with Crippen molar-refractivity contribution in [3.05, 3.63) is 41.2 Å². The smallest absolute Gasteiger partial charge is 0.250 e. The predicted molar refractivity (Wildman–Crippen MR) is 97.2 cm³/mol. The van der Waals surface area contributed by atoms with Crippen LogP contribution >= 0.6 is 11.8 Å². The number of phenols is 1. The Morgan fingerprint density at radius 1 is 1.36 bits per heavy atom. The van der Waals surface area contributed by atoms with E-state index < -0.39 is 0 Å². The molecule has 0 atom stereocenters. The summed E-state index contributed by atoms with van der Waals surface area (Å²) in [6, 6.07) is 6.94. The number of aromatic hydroxyl groups is 1. The lowest BCUT2D eigenvalue weighted by Gasteiger charge is -2.07. The average molecular weight is 360 g/mol. The van der Waals surface area contributed by atoms with Gasteiger partial charge in [-0.2, -0.15) is 5.10 Å². The van der Waals surface area contributed by atoms with Crippen LogP contribution in [0.1, 0.15) is 23.9 Å². The van der Waals surface area contributed by atoms with Crippen LogP contribution in [0.3, 0.4) is 0 Å². The van der Waals surface area contributed by atoms with E-state index in [0.717, 1.165) is 11.4 Å². The SMILES string of the molecule is CCOc1cccc(C=NNC(=O)CSc2nc(C)cc(C)n2)c1O. The molecular formula is C17H20N4O3S. The van der Waals surface area contributed by atoms with Crippen molar-refractivity contribution < 1.29 is 14.6 Å². The molecule has 0 aliphatic heterocycles. The Kier molecular flexibility index (Phi) is 6.76. The van der Waals surface area contributed by atoms with E-state index in [4.69, 9.17) is 4.74 Å². The molecule has 1 heterocycles. The molecule has 2 rings (SSSR count). The fourth-order valence-electron chi connectivity index (χ4n) is 2.01. The number of aromatic nitrogens is 2. The number of para-hydroxylation sites is 1. The molecule has 0 unspecified atom stereocenters. The van der Waals surface area contributed by atoms with E-state index >= 15 is 0 Å². The van der Waals surface area contributed by atoms with Gasteiger partial charge >= 0.3 is 0 Å². The highest BCUT2D eigenvalue weighted by Gasteiger charge is 2.07. The van der Waals surface area contributed by atoms with Crippen LogP contribution < -0.4 is 10.2 Å². The Hall–Kier alpha value is -2.61. The summed E-state index contributed by atoms with van der Waals surface area (Å²) in [6.45, 7) is 6.04. The zero-order valence-corrected chi connectivity index (χ0v) is 15.1. The Bertz CT molecular complexity index is 760. The average Bonchev–Trinajstić information content (AvgIpc) is 2.56. The van der Waals surface area contributed by atoms with Crippen LogP contribution in [0.25, 0.3) is 0 Å². The highest BCUT2D eigenvalue weighted by molar-refractivity contribution is 7.99. The van der Waals surface area contributed by atoms with Gasteiger partial charge in [-0.1, -0.05) is 17.8 Å². The highest BCUT2D eigenvalue weighted by atomic mass is 32.2. The number of aryl methyl sites for hydroxylation is 2. The summed E-state index contributed by atoms with van der Waals surface area (Å²) in [7, 11) is 0. The van der Waals surface area contributed by atoms with Gasteiger partial charge in [0.15, 0.2) is 16.7 Å².